The summed E-state index contributed by atoms with van der Waals surface area (Å²) in [7, 11) is 0. The first kappa shape index (κ1) is 18.3. The van der Waals surface area contributed by atoms with Crippen molar-refractivity contribution < 1.29 is 19.4 Å². The van der Waals surface area contributed by atoms with Gasteiger partial charge in [-0.15, -0.1) is 0 Å². The Labute approximate surface area is 157 Å². The molecular formula is C16H13ClN6O4. The molecule has 4 heterocycles. The van der Waals surface area contributed by atoms with Crippen LogP contribution >= 0.6 is 11.6 Å². The molecule has 10 nitrogen and oxygen atoms in total. The van der Waals surface area contributed by atoms with Crippen LogP contribution in [0, 0.1) is 0 Å². The number of hydrogen-bond acceptors (Lipinski definition) is 7. The minimum Gasteiger partial charge on any atom is -0.478 e. The third-order valence-corrected chi connectivity index (χ3v) is 3.53. The van der Waals surface area contributed by atoms with E-state index in [1.807, 2.05) is 0 Å². The molecule has 0 saturated carbocycles. The van der Waals surface area contributed by atoms with E-state index in [4.69, 9.17) is 21.4 Å². The van der Waals surface area contributed by atoms with E-state index in [0.29, 0.717) is 23.5 Å². The summed E-state index contributed by atoms with van der Waals surface area (Å²) in [6, 6.07) is 2.87. The highest BCUT2D eigenvalue weighted by molar-refractivity contribution is 6.29. The highest BCUT2D eigenvalue weighted by Gasteiger charge is 2.14. The monoisotopic (exact) mass is 388 g/mol. The molecule has 4 aromatic heterocycles. The van der Waals surface area contributed by atoms with Crippen LogP contribution < -0.4 is 0 Å². The van der Waals surface area contributed by atoms with Crippen molar-refractivity contribution in [3.05, 3.63) is 59.4 Å². The van der Waals surface area contributed by atoms with Crippen LogP contribution in [0.4, 0.5) is 0 Å². The summed E-state index contributed by atoms with van der Waals surface area (Å²) in [5, 5.41) is 16.8. The summed E-state index contributed by atoms with van der Waals surface area (Å²) >= 11 is 5.76. The largest absolute Gasteiger partial charge is 0.478 e. The quantitative estimate of drug-likeness (QED) is 0.528. The van der Waals surface area contributed by atoms with Crippen LogP contribution in [0.2, 0.25) is 5.15 Å². The number of carbonyl (C=O) groups is 2. The van der Waals surface area contributed by atoms with E-state index in [0.717, 1.165) is 0 Å². The van der Waals surface area contributed by atoms with Crippen molar-refractivity contribution >= 4 is 34.8 Å². The normalized spacial score (nSPS) is 10.4. The number of rotatable bonds is 3. The molecule has 0 fully saturated rings. The molecule has 0 aliphatic heterocycles. The molecule has 0 aromatic carbocycles. The van der Waals surface area contributed by atoms with Gasteiger partial charge in [-0.1, -0.05) is 11.6 Å². The van der Waals surface area contributed by atoms with Crippen LogP contribution in [0.15, 0.2) is 43.1 Å². The third-order valence-electron chi connectivity index (χ3n) is 3.35. The summed E-state index contributed by atoms with van der Waals surface area (Å²) in [5.74, 6) is -1.44. The Balaban J connectivity index is 0.000000159. The Morgan fingerprint density at radius 2 is 1.78 bits per heavy atom. The van der Waals surface area contributed by atoms with Gasteiger partial charge in [0.1, 0.15) is 11.1 Å². The molecule has 0 aliphatic rings. The molecule has 0 atom stereocenters. The van der Waals surface area contributed by atoms with Gasteiger partial charge in [-0.05, 0) is 19.1 Å². The number of carbonyl (C=O) groups excluding carboxylic acids is 1. The maximum Gasteiger partial charge on any atom is 0.342 e. The molecule has 1 N–H and O–H groups in total. The topological polar surface area (TPSA) is 124 Å². The predicted molar refractivity (Wildman–Crippen MR) is 93.9 cm³/mol. The van der Waals surface area contributed by atoms with E-state index >= 15 is 0 Å². The lowest BCUT2D eigenvalue weighted by molar-refractivity contribution is 0.0527. The zero-order valence-corrected chi connectivity index (χ0v) is 14.7. The molecule has 4 rings (SSSR count). The molecule has 27 heavy (non-hydrogen) atoms. The number of esters is 1. The van der Waals surface area contributed by atoms with Crippen molar-refractivity contribution in [2.45, 2.75) is 6.92 Å². The van der Waals surface area contributed by atoms with Gasteiger partial charge in [0, 0.05) is 31.0 Å². The zero-order chi connectivity index (χ0) is 19.4. The van der Waals surface area contributed by atoms with Gasteiger partial charge in [0.15, 0.2) is 16.4 Å². The SMILES string of the molecule is CCOC(=O)c1cc(Cl)nn2ccnc12.O=C(O)c1ccnn2ccnc12. The van der Waals surface area contributed by atoms with Crippen LogP contribution in [0.25, 0.3) is 11.3 Å². The number of fused-ring (bicyclic) bond motifs is 2. The first-order valence-corrected chi connectivity index (χ1v) is 8.07. The maximum atomic E-state index is 11.5. The summed E-state index contributed by atoms with van der Waals surface area (Å²) < 4.78 is 7.74. The van der Waals surface area contributed by atoms with Crippen LogP contribution in [0.5, 0.6) is 0 Å². The van der Waals surface area contributed by atoms with E-state index < -0.39 is 11.9 Å². The Kier molecular flexibility index (Phi) is 5.27. The van der Waals surface area contributed by atoms with Gasteiger partial charge in [-0.2, -0.15) is 10.2 Å². The predicted octanol–water partition coefficient (Wildman–Crippen LogP) is 1.99. The lowest BCUT2D eigenvalue weighted by Gasteiger charge is -2.03. The summed E-state index contributed by atoms with van der Waals surface area (Å²) in [6.07, 6.45) is 7.69. The Morgan fingerprint density at radius 1 is 1.11 bits per heavy atom. The molecule has 0 unspecified atom stereocenters. The molecule has 0 spiro atoms. The fourth-order valence-electron chi connectivity index (χ4n) is 2.25. The van der Waals surface area contributed by atoms with Crippen molar-refractivity contribution in [2.24, 2.45) is 0 Å². The third kappa shape index (κ3) is 3.85. The van der Waals surface area contributed by atoms with Gasteiger partial charge in [-0.25, -0.2) is 28.6 Å². The number of imidazole rings is 2. The van der Waals surface area contributed by atoms with E-state index in [1.165, 1.54) is 33.6 Å². The smallest absolute Gasteiger partial charge is 0.342 e. The minimum atomic E-state index is -0.992. The first-order chi connectivity index (χ1) is 13.0. The zero-order valence-electron chi connectivity index (χ0n) is 14.0. The summed E-state index contributed by atoms with van der Waals surface area (Å²) in [6.45, 7) is 2.05. The van der Waals surface area contributed by atoms with Crippen LogP contribution in [-0.4, -0.2) is 52.8 Å². The summed E-state index contributed by atoms with van der Waals surface area (Å²) in [5.41, 5.74) is 1.29. The molecule has 4 aromatic rings. The van der Waals surface area contributed by atoms with E-state index in [1.54, 1.807) is 25.5 Å². The van der Waals surface area contributed by atoms with E-state index in [-0.39, 0.29) is 10.7 Å². The fraction of sp³-hybridized carbons (Fsp3) is 0.125. The molecule has 11 heteroatoms. The van der Waals surface area contributed by atoms with Gasteiger partial charge in [-0.3, -0.25) is 0 Å². The Hall–Kier alpha value is -3.53. The molecule has 0 amide bonds. The second-order valence-corrected chi connectivity index (χ2v) is 5.43. The number of nitrogens with zero attached hydrogens (tertiary/aromatic N) is 6. The van der Waals surface area contributed by atoms with Gasteiger partial charge >= 0.3 is 11.9 Å². The van der Waals surface area contributed by atoms with Gasteiger partial charge in [0.2, 0.25) is 0 Å². The maximum absolute atomic E-state index is 11.5. The van der Waals surface area contributed by atoms with Crippen molar-refractivity contribution in [3.8, 4) is 0 Å². The number of ether oxygens (including phenoxy) is 1. The van der Waals surface area contributed by atoms with Crippen molar-refractivity contribution in [3.63, 3.8) is 0 Å². The lowest BCUT2D eigenvalue weighted by Crippen LogP contribution is -2.08. The van der Waals surface area contributed by atoms with Crippen molar-refractivity contribution in [2.75, 3.05) is 6.61 Å². The van der Waals surface area contributed by atoms with E-state index in [2.05, 4.69) is 20.2 Å². The average Bonchev–Trinajstić information content (AvgIpc) is 3.30. The highest BCUT2D eigenvalue weighted by Crippen LogP contribution is 2.14. The van der Waals surface area contributed by atoms with Gasteiger partial charge in [0.25, 0.3) is 0 Å². The minimum absolute atomic E-state index is 0.162. The van der Waals surface area contributed by atoms with E-state index in [9.17, 15) is 9.59 Å². The van der Waals surface area contributed by atoms with Gasteiger partial charge in [0.05, 0.1) is 6.61 Å². The second kappa shape index (κ2) is 7.79. The van der Waals surface area contributed by atoms with Crippen molar-refractivity contribution in [1.82, 2.24) is 29.2 Å². The average molecular weight is 389 g/mol. The van der Waals surface area contributed by atoms with Gasteiger partial charge < -0.3 is 9.84 Å². The highest BCUT2D eigenvalue weighted by atomic mass is 35.5. The standard InChI is InChI=1S/C9H8ClN3O2.C7H5N3O2/c1-2-15-9(14)6-5-7(10)12-13-4-3-11-8(6)13;11-7(12)5-1-2-9-10-4-3-8-6(5)10/h3-5H,2H2,1H3;1-4H,(H,11,12). The number of aromatic nitrogens is 6. The second-order valence-electron chi connectivity index (χ2n) is 5.04. The Morgan fingerprint density at radius 3 is 2.44 bits per heavy atom. The van der Waals surface area contributed by atoms with Crippen LogP contribution in [0.3, 0.4) is 0 Å². The molecule has 138 valence electrons. The molecular weight excluding hydrogens is 376 g/mol. The van der Waals surface area contributed by atoms with Crippen LogP contribution in [-0.2, 0) is 4.74 Å². The van der Waals surface area contributed by atoms with Crippen LogP contribution in [0.1, 0.15) is 27.6 Å². The number of carboxylic acids is 1. The fourth-order valence-corrected chi connectivity index (χ4v) is 2.44. The molecule has 0 bridgehead atoms. The molecule has 0 radical (unpaired) electrons. The molecule has 0 aliphatic carbocycles. The van der Waals surface area contributed by atoms with Crippen molar-refractivity contribution in [1.29, 1.82) is 0 Å². The Bertz CT molecular complexity index is 1120. The summed E-state index contributed by atoms with van der Waals surface area (Å²) in [4.78, 5) is 30.0. The molecule has 0 saturated heterocycles. The first-order valence-electron chi connectivity index (χ1n) is 7.70. The number of carboxylic acid groups (broad SMARTS) is 1. The number of aromatic carboxylic acids is 1. The lowest BCUT2D eigenvalue weighted by atomic mass is 10.3. The number of halogens is 1. The number of hydrogen-bond donors (Lipinski definition) is 1.